The van der Waals surface area contributed by atoms with Crippen molar-refractivity contribution in [1.29, 1.82) is 0 Å². The first-order valence-corrected chi connectivity index (χ1v) is 6.64. The Hall–Kier alpha value is -0.600. The molecule has 0 amide bonds. The van der Waals surface area contributed by atoms with Crippen LogP contribution in [0.4, 0.5) is 4.39 Å². The summed E-state index contributed by atoms with van der Waals surface area (Å²) in [6, 6.07) is 5.56. The zero-order chi connectivity index (χ0) is 12.4. The van der Waals surface area contributed by atoms with Gasteiger partial charge in [-0.25, -0.2) is 4.39 Å². The van der Waals surface area contributed by atoms with Gasteiger partial charge in [-0.05, 0) is 30.9 Å². The van der Waals surface area contributed by atoms with Gasteiger partial charge >= 0.3 is 0 Å². The highest BCUT2D eigenvalue weighted by molar-refractivity contribution is 6.31. The highest BCUT2D eigenvalue weighted by Gasteiger charge is 2.26. The quantitative estimate of drug-likeness (QED) is 0.840. The molecule has 0 aromatic heterocycles. The Morgan fingerprint density at radius 3 is 2.65 bits per heavy atom. The SMILES string of the molecule is CC(C)C(CNC1CC1)c1c(F)cccc1Cl. The zero-order valence-electron chi connectivity index (χ0n) is 10.3. The number of hydrogen-bond acceptors (Lipinski definition) is 1. The molecule has 1 aromatic rings. The van der Waals surface area contributed by atoms with Crippen LogP contribution >= 0.6 is 11.6 Å². The smallest absolute Gasteiger partial charge is 0.128 e. The molecule has 1 aliphatic carbocycles. The zero-order valence-corrected chi connectivity index (χ0v) is 11.1. The molecule has 1 aromatic carbocycles. The lowest BCUT2D eigenvalue weighted by Gasteiger charge is -2.23. The molecule has 2 rings (SSSR count). The van der Waals surface area contributed by atoms with Gasteiger partial charge in [-0.15, -0.1) is 0 Å². The van der Waals surface area contributed by atoms with Crippen molar-refractivity contribution in [2.45, 2.75) is 38.6 Å². The molecule has 0 heterocycles. The first-order valence-electron chi connectivity index (χ1n) is 6.27. The van der Waals surface area contributed by atoms with Crippen molar-refractivity contribution in [2.75, 3.05) is 6.54 Å². The van der Waals surface area contributed by atoms with E-state index < -0.39 is 0 Å². The van der Waals surface area contributed by atoms with Crippen molar-refractivity contribution < 1.29 is 4.39 Å². The van der Waals surface area contributed by atoms with Crippen LogP contribution in [0, 0.1) is 11.7 Å². The van der Waals surface area contributed by atoms with Crippen molar-refractivity contribution in [3.63, 3.8) is 0 Å². The lowest BCUT2D eigenvalue weighted by Crippen LogP contribution is -2.27. The maximum Gasteiger partial charge on any atom is 0.128 e. The van der Waals surface area contributed by atoms with Crippen LogP contribution < -0.4 is 5.32 Å². The number of halogens is 2. The van der Waals surface area contributed by atoms with Crippen molar-refractivity contribution >= 4 is 11.6 Å². The molecule has 1 unspecified atom stereocenters. The molecule has 1 N–H and O–H groups in total. The van der Waals surface area contributed by atoms with Gasteiger partial charge in [-0.3, -0.25) is 0 Å². The Morgan fingerprint density at radius 1 is 1.41 bits per heavy atom. The van der Waals surface area contributed by atoms with Gasteiger partial charge in [0.05, 0.1) is 0 Å². The summed E-state index contributed by atoms with van der Waals surface area (Å²) in [5, 5.41) is 4.01. The van der Waals surface area contributed by atoms with Gasteiger partial charge < -0.3 is 5.32 Å². The van der Waals surface area contributed by atoms with E-state index >= 15 is 0 Å². The Bertz CT molecular complexity index is 368. The number of rotatable bonds is 5. The maximum atomic E-state index is 13.9. The van der Waals surface area contributed by atoms with Crippen LogP contribution in [-0.4, -0.2) is 12.6 Å². The summed E-state index contributed by atoms with van der Waals surface area (Å²) >= 11 is 6.13. The predicted molar refractivity (Wildman–Crippen MR) is 70.0 cm³/mol. The van der Waals surface area contributed by atoms with Crippen molar-refractivity contribution in [2.24, 2.45) is 5.92 Å². The largest absolute Gasteiger partial charge is 0.313 e. The van der Waals surface area contributed by atoms with E-state index in [1.165, 1.54) is 18.9 Å². The van der Waals surface area contributed by atoms with Gasteiger partial charge in [0.1, 0.15) is 5.82 Å². The van der Waals surface area contributed by atoms with Crippen LogP contribution in [0.25, 0.3) is 0 Å². The number of benzene rings is 1. The van der Waals surface area contributed by atoms with Crippen LogP contribution in [0.15, 0.2) is 18.2 Å². The topological polar surface area (TPSA) is 12.0 Å². The van der Waals surface area contributed by atoms with E-state index in [9.17, 15) is 4.39 Å². The summed E-state index contributed by atoms with van der Waals surface area (Å²) < 4.78 is 13.9. The van der Waals surface area contributed by atoms with Gasteiger partial charge in [0, 0.05) is 29.1 Å². The van der Waals surface area contributed by atoms with E-state index in [4.69, 9.17) is 11.6 Å². The highest BCUT2D eigenvalue weighted by atomic mass is 35.5. The third kappa shape index (κ3) is 3.20. The average molecular weight is 256 g/mol. The number of nitrogens with one attached hydrogen (secondary N) is 1. The van der Waals surface area contributed by atoms with Crippen molar-refractivity contribution in [1.82, 2.24) is 5.32 Å². The summed E-state index contributed by atoms with van der Waals surface area (Å²) in [5.41, 5.74) is 0.664. The minimum atomic E-state index is -0.186. The van der Waals surface area contributed by atoms with Gasteiger partial charge in [0.2, 0.25) is 0 Å². The normalized spacial score (nSPS) is 17.5. The second-order valence-corrected chi connectivity index (χ2v) is 5.58. The van der Waals surface area contributed by atoms with E-state index in [1.54, 1.807) is 12.1 Å². The van der Waals surface area contributed by atoms with E-state index in [2.05, 4.69) is 19.2 Å². The van der Waals surface area contributed by atoms with Crippen LogP contribution in [0.2, 0.25) is 5.02 Å². The van der Waals surface area contributed by atoms with Gasteiger partial charge in [-0.1, -0.05) is 31.5 Å². The van der Waals surface area contributed by atoms with Crippen molar-refractivity contribution in [3.8, 4) is 0 Å². The maximum absolute atomic E-state index is 13.9. The molecule has 0 radical (unpaired) electrons. The minimum absolute atomic E-state index is 0.143. The molecule has 0 saturated heterocycles. The molecule has 0 bridgehead atoms. The molecule has 1 atom stereocenters. The lowest BCUT2D eigenvalue weighted by molar-refractivity contribution is 0.442. The predicted octanol–water partition coefficient (Wildman–Crippen LogP) is 3.97. The van der Waals surface area contributed by atoms with E-state index in [-0.39, 0.29) is 11.7 Å². The van der Waals surface area contributed by atoms with Gasteiger partial charge in [0.25, 0.3) is 0 Å². The lowest BCUT2D eigenvalue weighted by atomic mass is 9.88. The second-order valence-electron chi connectivity index (χ2n) is 5.17. The van der Waals surface area contributed by atoms with Gasteiger partial charge in [0.15, 0.2) is 0 Å². The molecule has 1 saturated carbocycles. The Balaban J connectivity index is 2.18. The highest BCUT2D eigenvalue weighted by Crippen LogP contribution is 2.32. The van der Waals surface area contributed by atoms with E-state index in [0.717, 1.165) is 6.54 Å². The summed E-state index contributed by atoms with van der Waals surface area (Å²) in [4.78, 5) is 0. The third-order valence-electron chi connectivity index (χ3n) is 3.38. The molecule has 0 spiro atoms. The van der Waals surface area contributed by atoms with Crippen LogP contribution in [0.3, 0.4) is 0 Å². The standard InChI is InChI=1S/C14H19ClFN/c1-9(2)11(8-17-10-6-7-10)14-12(15)4-3-5-13(14)16/h3-5,9-11,17H,6-8H2,1-2H3. The molecule has 0 aliphatic heterocycles. The molecular weight excluding hydrogens is 237 g/mol. The second kappa shape index (κ2) is 5.36. The summed E-state index contributed by atoms with van der Waals surface area (Å²) in [6.07, 6.45) is 2.49. The van der Waals surface area contributed by atoms with Gasteiger partial charge in [-0.2, -0.15) is 0 Å². The first kappa shape index (κ1) is 12.8. The monoisotopic (exact) mass is 255 g/mol. The van der Waals surface area contributed by atoms with E-state index in [0.29, 0.717) is 22.5 Å². The Kier molecular flexibility index (Phi) is 4.05. The first-order chi connectivity index (χ1) is 8.09. The molecule has 1 aliphatic rings. The molecule has 17 heavy (non-hydrogen) atoms. The minimum Gasteiger partial charge on any atom is -0.313 e. The van der Waals surface area contributed by atoms with Crippen LogP contribution in [0.1, 0.15) is 38.2 Å². The fourth-order valence-corrected chi connectivity index (χ4v) is 2.42. The molecule has 1 nitrogen and oxygen atoms in total. The van der Waals surface area contributed by atoms with Crippen LogP contribution in [0.5, 0.6) is 0 Å². The number of hydrogen-bond donors (Lipinski definition) is 1. The molecule has 3 heteroatoms. The van der Waals surface area contributed by atoms with Crippen molar-refractivity contribution in [3.05, 3.63) is 34.6 Å². The summed E-state index contributed by atoms with van der Waals surface area (Å²) in [6.45, 7) is 5.03. The average Bonchev–Trinajstić information content (AvgIpc) is 3.05. The fourth-order valence-electron chi connectivity index (χ4n) is 2.12. The van der Waals surface area contributed by atoms with Crippen LogP contribution in [-0.2, 0) is 0 Å². The summed E-state index contributed by atoms with van der Waals surface area (Å²) in [7, 11) is 0. The third-order valence-corrected chi connectivity index (χ3v) is 3.71. The summed E-state index contributed by atoms with van der Waals surface area (Å²) in [5.74, 6) is 0.328. The molecular formula is C14H19ClFN. The Morgan fingerprint density at radius 2 is 2.12 bits per heavy atom. The van der Waals surface area contributed by atoms with E-state index in [1.807, 2.05) is 0 Å². The Labute approximate surface area is 107 Å². The molecule has 1 fully saturated rings. The fraction of sp³-hybridized carbons (Fsp3) is 0.571. The molecule has 94 valence electrons.